The maximum atomic E-state index is 12.1. The van der Waals surface area contributed by atoms with Gasteiger partial charge in [-0.15, -0.1) is 0 Å². The molecule has 134 valence electrons. The van der Waals surface area contributed by atoms with Gasteiger partial charge in [-0.1, -0.05) is 24.3 Å². The first-order valence-corrected chi connectivity index (χ1v) is 8.76. The number of amides is 2. The van der Waals surface area contributed by atoms with Crippen LogP contribution in [0.15, 0.2) is 36.9 Å². The van der Waals surface area contributed by atoms with E-state index in [0.29, 0.717) is 31.7 Å². The summed E-state index contributed by atoms with van der Waals surface area (Å²) in [6, 6.07) is 8.95. The average Bonchev–Trinajstić information content (AvgIpc) is 3.35. The van der Waals surface area contributed by atoms with E-state index in [1.807, 2.05) is 24.3 Å². The fourth-order valence-electron chi connectivity index (χ4n) is 2.84. The molecular weight excluding hydrogens is 316 g/mol. The minimum Gasteiger partial charge on any atom is -0.337 e. The first kappa shape index (κ1) is 17.4. The number of rotatable bonds is 8. The third-order valence-corrected chi connectivity index (χ3v) is 4.73. The van der Waals surface area contributed by atoms with Crippen molar-refractivity contribution >= 4 is 6.03 Å². The Kier molecular flexibility index (Phi) is 5.65. The lowest BCUT2D eigenvalue weighted by molar-refractivity contribution is 0.222. The number of hydrogen-bond acceptors (Lipinski definition) is 4. The van der Waals surface area contributed by atoms with Gasteiger partial charge in [0.25, 0.3) is 0 Å². The van der Waals surface area contributed by atoms with E-state index < -0.39 is 0 Å². The summed E-state index contributed by atoms with van der Waals surface area (Å²) in [5.41, 5.74) is 2.20. The number of nitrogens with zero attached hydrogens (tertiary/aromatic N) is 4. The zero-order valence-electron chi connectivity index (χ0n) is 14.9. The molecule has 1 saturated carbocycles. The van der Waals surface area contributed by atoms with Gasteiger partial charge < -0.3 is 10.6 Å². The van der Waals surface area contributed by atoms with Crippen LogP contribution in [0.5, 0.6) is 0 Å². The Morgan fingerprint density at radius 3 is 2.76 bits per heavy atom. The molecule has 0 spiro atoms. The predicted octanol–water partition coefficient (Wildman–Crippen LogP) is 1.61. The topological polar surface area (TPSA) is 75.1 Å². The first-order valence-electron chi connectivity index (χ1n) is 8.76. The summed E-state index contributed by atoms with van der Waals surface area (Å²) < 4.78 is 1.77. The van der Waals surface area contributed by atoms with E-state index in [1.54, 1.807) is 11.0 Å². The van der Waals surface area contributed by atoms with E-state index in [0.717, 1.165) is 11.1 Å². The SMILES string of the molecule is C[C@H](CNC(=O)NCc1ccccc1Cn1cncn1)N(C)C1CC1. The molecule has 3 rings (SSSR count). The molecule has 1 heterocycles. The number of urea groups is 1. The Morgan fingerprint density at radius 2 is 2.08 bits per heavy atom. The van der Waals surface area contributed by atoms with Crippen LogP contribution in [0.25, 0.3) is 0 Å². The lowest BCUT2D eigenvalue weighted by Crippen LogP contribution is -2.44. The summed E-state index contributed by atoms with van der Waals surface area (Å²) in [7, 11) is 2.13. The molecule has 7 nitrogen and oxygen atoms in total. The molecular formula is C18H26N6O. The molecule has 2 N–H and O–H groups in total. The average molecular weight is 342 g/mol. The van der Waals surface area contributed by atoms with Crippen LogP contribution in [-0.4, -0.2) is 51.4 Å². The van der Waals surface area contributed by atoms with E-state index in [2.05, 4.69) is 39.6 Å². The summed E-state index contributed by atoms with van der Waals surface area (Å²) in [5.74, 6) is 0. The Bertz CT molecular complexity index is 683. The highest BCUT2D eigenvalue weighted by Crippen LogP contribution is 2.26. The van der Waals surface area contributed by atoms with Crippen molar-refractivity contribution in [2.24, 2.45) is 0 Å². The Balaban J connectivity index is 1.47. The van der Waals surface area contributed by atoms with Crippen molar-refractivity contribution in [3.05, 3.63) is 48.0 Å². The molecule has 1 aromatic heterocycles. The third-order valence-electron chi connectivity index (χ3n) is 4.73. The molecule has 0 unspecified atom stereocenters. The van der Waals surface area contributed by atoms with Crippen molar-refractivity contribution in [2.45, 2.75) is 44.9 Å². The normalized spacial score (nSPS) is 15.2. The number of likely N-dealkylation sites (N-methyl/N-ethyl adjacent to an activating group) is 1. The van der Waals surface area contributed by atoms with Gasteiger partial charge in [0, 0.05) is 25.2 Å². The third kappa shape index (κ3) is 5.03. The Labute approximate surface area is 148 Å². The summed E-state index contributed by atoms with van der Waals surface area (Å²) in [4.78, 5) is 18.4. The Hall–Kier alpha value is -2.41. The maximum Gasteiger partial charge on any atom is 0.315 e. The summed E-state index contributed by atoms with van der Waals surface area (Å²) in [5, 5.41) is 10.0. The number of carbonyl (C=O) groups is 1. The van der Waals surface area contributed by atoms with Gasteiger partial charge in [-0.05, 0) is 37.9 Å². The molecule has 2 amide bonds. The summed E-state index contributed by atoms with van der Waals surface area (Å²) in [6.07, 6.45) is 5.76. The lowest BCUT2D eigenvalue weighted by atomic mass is 10.1. The zero-order chi connectivity index (χ0) is 17.6. The minimum atomic E-state index is -0.133. The number of hydrogen-bond donors (Lipinski definition) is 2. The van der Waals surface area contributed by atoms with Crippen molar-refractivity contribution < 1.29 is 4.79 Å². The molecule has 25 heavy (non-hydrogen) atoms. The molecule has 0 saturated heterocycles. The van der Waals surface area contributed by atoms with Gasteiger partial charge in [0.15, 0.2) is 0 Å². The van der Waals surface area contributed by atoms with Crippen molar-refractivity contribution in [3.8, 4) is 0 Å². The van der Waals surface area contributed by atoms with Crippen LogP contribution >= 0.6 is 0 Å². The van der Waals surface area contributed by atoms with Gasteiger partial charge in [-0.25, -0.2) is 14.5 Å². The first-order chi connectivity index (χ1) is 12.1. The van der Waals surface area contributed by atoms with Crippen molar-refractivity contribution in [3.63, 3.8) is 0 Å². The van der Waals surface area contributed by atoms with E-state index >= 15 is 0 Å². The monoisotopic (exact) mass is 342 g/mol. The predicted molar refractivity (Wildman–Crippen MR) is 96.1 cm³/mol. The zero-order valence-corrected chi connectivity index (χ0v) is 14.9. The van der Waals surface area contributed by atoms with Crippen molar-refractivity contribution in [1.82, 2.24) is 30.3 Å². The van der Waals surface area contributed by atoms with E-state index in [9.17, 15) is 4.79 Å². The van der Waals surface area contributed by atoms with E-state index in [-0.39, 0.29) is 6.03 Å². The number of nitrogens with one attached hydrogen (secondary N) is 2. The van der Waals surface area contributed by atoms with Crippen LogP contribution < -0.4 is 10.6 Å². The molecule has 1 aliphatic carbocycles. The lowest BCUT2D eigenvalue weighted by Gasteiger charge is -2.24. The van der Waals surface area contributed by atoms with Gasteiger partial charge in [0.2, 0.25) is 0 Å². The fraction of sp³-hybridized carbons (Fsp3) is 0.500. The molecule has 0 bridgehead atoms. The standard InChI is InChI=1S/C18H26N6O/c1-14(23(2)17-7-8-17)9-20-18(25)21-10-15-5-3-4-6-16(15)11-24-13-19-12-22-24/h3-6,12-14,17H,7-11H2,1-2H3,(H2,20,21,25)/t14-/m1/s1. The molecule has 1 aromatic carbocycles. The van der Waals surface area contributed by atoms with Gasteiger partial charge in [-0.3, -0.25) is 4.90 Å². The minimum absolute atomic E-state index is 0.133. The van der Waals surface area contributed by atoms with Crippen LogP contribution in [0.1, 0.15) is 30.9 Å². The van der Waals surface area contributed by atoms with Crippen LogP contribution in [0.3, 0.4) is 0 Å². The van der Waals surface area contributed by atoms with Crippen LogP contribution in [-0.2, 0) is 13.1 Å². The van der Waals surface area contributed by atoms with E-state index in [4.69, 9.17) is 0 Å². The number of aromatic nitrogens is 3. The molecule has 1 aliphatic rings. The molecule has 1 atom stereocenters. The smallest absolute Gasteiger partial charge is 0.315 e. The van der Waals surface area contributed by atoms with Gasteiger partial charge in [0.1, 0.15) is 12.7 Å². The van der Waals surface area contributed by atoms with Gasteiger partial charge in [-0.2, -0.15) is 5.10 Å². The highest BCUT2D eigenvalue weighted by atomic mass is 16.2. The van der Waals surface area contributed by atoms with Crippen LogP contribution in [0.4, 0.5) is 4.79 Å². The largest absolute Gasteiger partial charge is 0.337 e. The molecule has 0 radical (unpaired) electrons. The summed E-state index contributed by atoms with van der Waals surface area (Å²) in [6.45, 7) is 3.93. The molecule has 7 heteroatoms. The quantitative estimate of drug-likeness (QED) is 0.764. The highest BCUT2D eigenvalue weighted by molar-refractivity contribution is 5.73. The highest BCUT2D eigenvalue weighted by Gasteiger charge is 2.29. The molecule has 1 fully saturated rings. The molecule has 0 aliphatic heterocycles. The van der Waals surface area contributed by atoms with Gasteiger partial charge in [0.05, 0.1) is 6.54 Å². The second-order valence-electron chi connectivity index (χ2n) is 6.67. The Morgan fingerprint density at radius 1 is 1.32 bits per heavy atom. The molecule has 2 aromatic rings. The van der Waals surface area contributed by atoms with Crippen molar-refractivity contribution in [2.75, 3.05) is 13.6 Å². The second-order valence-corrected chi connectivity index (χ2v) is 6.67. The van der Waals surface area contributed by atoms with Crippen LogP contribution in [0, 0.1) is 0 Å². The van der Waals surface area contributed by atoms with Gasteiger partial charge >= 0.3 is 6.03 Å². The van der Waals surface area contributed by atoms with Crippen LogP contribution in [0.2, 0.25) is 0 Å². The maximum absolute atomic E-state index is 12.1. The fourth-order valence-corrected chi connectivity index (χ4v) is 2.84. The van der Waals surface area contributed by atoms with Crippen molar-refractivity contribution in [1.29, 1.82) is 0 Å². The second kappa shape index (κ2) is 8.11. The number of carbonyl (C=O) groups excluding carboxylic acids is 1. The number of benzene rings is 1. The van der Waals surface area contributed by atoms with E-state index in [1.165, 1.54) is 19.2 Å². The summed E-state index contributed by atoms with van der Waals surface area (Å²) >= 11 is 0.